The molecule has 1 aliphatic rings. The quantitative estimate of drug-likeness (QED) is 0.644. The van der Waals surface area contributed by atoms with Gasteiger partial charge in [0.25, 0.3) is 0 Å². The zero-order valence-corrected chi connectivity index (χ0v) is 14.5. The summed E-state index contributed by atoms with van der Waals surface area (Å²) >= 11 is 0. The van der Waals surface area contributed by atoms with Crippen LogP contribution in [0.1, 0.15) is 16.7 Å². The first kappa shape index (κ1) is 17.1. The van der Waals surface area contributed by atoms with Crippen LogP contribution >= 0.6 is 0 Å². The van der Waals surface area contributed by atoms with E-state index in [1.165, 1.54) is 0 Å². The van der Waals surface area contributed by atoms with Gasteiger partial charge >= 0.3 is 0 Å². The van der Waals surface area contributed by atoms with E-state index in [0.717, 1.165) is 34.1 Å². The van der Waals surface area contributed by atoms with Crippen molar-refractivity contribution in [3.63, 3.8) is 0 Å². The third-order valence-electron chi connectivity index (χ3n) is 4.05. The third-order valence-corrected chi connectivity index (χ3v) is 4.05. The van der Waals surface area contributed by atoms with E-state index in [-0.39, 0.29) is 13.4 Å². The maximum Gasteiger partial charge on any atom is 0.231 e. The Hall–Kier alpha value is -2.73. The Labute approximate surface area is 147 Å². The van der Waals surface area contributed by atoms with Crippen LogP contribution in [-0.2, 0) is 19.7 Å². The highest BCUT2D eigenvalue weighted by Gasteiger charge is 2.14. The summed E-state index contributed by atoms with van der Waals surface area (Å²) in [4.78, 5) is 6.39. The van der Waals surface area contributed by atoms with Crippen molar-refractivity contribution < 1.29 is 14.6 Å². The molecule has 6 heteroatoms. The van der Waals surface area contributed by atoms with E-state index in [2.05, 4.69) is 10.3 Å². The van der Waals surface area contributed by atoms with Crippen LogP contribution in [0.15, 0.2) is 47.5 Å². The van der Waals surface area contributed by atoms with Crippen molar-refractivity contribution in [1.29, 1.82) is 0 Å². The average Bonchev–Trinajstić information content (AvgIpc) is 3.10. The first-order valence-corrected chi connectivity index (χ1v) is 8.18. The Morgan fingerprint density at radius 1 is 1.12 bits per heavy atom. The van der Waals surface area contributed by atoms with Crippen LogP contribution < -0.4 is 14.8 Å². The van der Waals surface area contributed by atoms with Gasteiger partial charge in [-0.25, -0.2) is 0 Å². The van der Waals surface area contributed by atoms with Crippen molar-refractivity contribution in [2.45, 2.75) is 19.7 Å². The van der Waals surface area contributed by atoms with Crippen LogP contribution in [0.2, 0.25) is 0 Å². The highest BCUT2D eigenvalue weighted by Crippen LogP contribution is 2.32. The van der Waals surface area contributed by atoms with Crippen LogP contribution in [-0.4, -0.2) is 36.9 Å². The molecule has 0 bridgehead atoms. The van der Waals surface area contributed by atoms with Gasteiger partial charge in [-0.1, -0.05) is 30.3 Å². The molecule has 0 aromatic heterocycles. The SMILES string of the molecule is CN=C(NCc1cccc(CO)c1)N(C)Cc1ccc2c(c1)OCO2. The fraction of sp³-hybridized carbons (Fsp3) is 0.316. The van der Waals surface area contributed by atoms with Crippen molar-refractivity contribution in [3.8, 4) is 11.5 Å². The van der Waals surface area contributed by atoms with Gasteiger partial charge in [0.15, 0.2) is 17.5 Å². The Morgan fingerprint density at radius 3 is 2.72 bits per heavy atom. The largest absolute Gasteiger partial charge is 0.454 e. The van der Waals surface area contributed by atoms with Crippen molar-refractivity contribution in [2.24, 2.45) is 4.99 Å². The van der Waals surface area contributed by atoms with E-state index in [9.17, 15) is 5.11 Å². The van der Waals surface area contributed by atoms with Crippen LogP contribution in [0.4, 0.5) is 0 Å². The number of ether oxygens (including phenoxy) is 2. The molecule has 2 N–H and O–H groups in total. The van der Waals surface area contributed by atoms with E-state index >= 15 is 0 Å². The normalized spacial score (nSPS) is 13.0. The molecule has 0 unspecified atom stereocenters. The number of hydrogen-bond acceptors (Lipinski definition) is 4. The van der Waals surface area contributed by atoms with Crippen molar-refractivity contribution in [2.75, 3.05) is 20.9 Å². The summed E-state index contributed by atoms with van der Waals surface area (Å²) in [7, 11) is 3.76. The van der Waals surface area contributed by atoms with E-state index < -0.39 is 0 Å². The smallest absolute Gasteiger partial charge is 0.231 e. The molecule has 0 radical (unpaired) electrons. The molecule has 2 aromatic rings. The molecular weight excluding hydrogens is 318 g/mol. The molecule has 0 amide bonds. The molecule has 132 valence electrons. The topological polar surface area (TPSA) is 66.3 Å². The first-order chi connectivity index (χ1) is 12.2. The maximum absolute atomic E-state index is 9.23. The van der Waals surface area contributed by atoms with Gasteiger partial charge < -0.3 is 24.8 Å². The zero-order valence-electron chi connectivity index (χ0n) is 14.5. The minimum atomic E-state index is 0.0482. The van der Waals surface area contributed by atoms with E-state index in [0.29, 0.717) is 13.1 Å². The van der Waals surface area contributed by atoms with Gasteiger partial charge in [0, 0.05) is 27.2 Å². The fourth-order valence-corrected chi connectivity index (χ4v) is 2.79. The summed E-state index contributed by atoms with van der Waals surface area (Å²) in [6, 6.07) is 13.8. The lowest BCUT2D eigenvalue weighted by Crippen LogP contribution is -2.38. The molecule has 3 rings (SSSR count). The fourth-order valence-electron chi connectivity index (χ4n) is 2.79. The lowest BCUT2D eigenvalue weighted by Gasteiger charge is -2.22. The van der Waals surface area contributed by atoms with Gasteiger partial charge in [-0.3, -0.25) is 4.99 Å². The third kappa shape index (κ3) is 4.22. The first-order valence-electron chi connectivity index (χ1n) is 8.18. The zero-order chi connectivity index (χ0) is 17.6. The van der Waals surface area contributed by atoms with E-state index in [4.69, 9.17) is 9.47 Å². The number of guanidine groups is 1. The van der Waals surface area contributed by atoms with Crippen LogP contribution in [0.3, 0.4) is 0 Å². The number of benzene rings is 2. The molecule has 25 heavy (non-hydrogen) atoms. The van der Waals surface area contributed by atoms with Crippen LogP contribution in [0.5, 0.6) is 11.5 Å². The number of aliphatic imine (C=N–C) groups is 1. The Balaban J connectivity index is 1.60. The molecule has 1 heterocycles. The summed E-state index contributed by atoms with van der Waals surface area (Å²) in [6.45, 7) is 1.68. The number of hydrogen-bond donors (Lipinski definition) is 2. The molecule has 0 aliphatic carbocycles. The van der Waals surface area contributed by atoms with Gasteiger partial charge in [-0.15, -0.1) is 0 Å². The van der Waals surface area contributed by atoms with Gasteiger partial charge in [0.05, 0.1) is 6.61 Å². The van der Waals surface area contributed by atoms with E-state index in [1.807, 2.05) is 54.4 Å². The summed E-state index contributed by atoms with van der Waals surface area (Å²) in [5.74, 6) is 2.37. The monoisotopic (exact) mass is 341 g/mol. The highest BCUT2D eigenvalue weighted by molar-refractivity contribution is 5.79. The summed E-state index contributed by atoms with van der Waals surface area (Å²) < 4.78 is 10.8. The number of aliphatic hydroxyl groups is 1. The number of rotatable bonds is 5. The number of nitrogens with zero attached hydrogens (tertiary/aromatic N) is 2. The molecular formula is C19H23N3O3. The lowest BCUT2D eigenvalue weighted by atomic mass is 10.1. The summed E-state index contributed by atoms with van der Waals surface area (Å²) in [5.41, 5.74) is 3.13. The Kier molecular flexibility index (Phi) is 5.40. The van der Waals surface area contributed by atoms with Gasteiger partial charge in [0.2, 0.25) is 6.79 Å². The molecule has 2 aromatic carbocycles. The Bertz CT molecular complexity index is 761. The van der Waals surface area contributed by atoms with E-state index in [1.54, 1.807) is 7.05 Å². The average molecular weight is 341 g/mol. The standard InChI is InChI=1S/C19H23N3O3/c1-20-19(21-10-14-4-3-5-16(8-14)12-23)22(2)11-15-6-7-17-18(9-15)25-13-24-17/h3-9,23H,10-13H2,1-2H3,(H,20,21). The van der Waals surface area contributed by atoms with Crippen molar-refractivity contribution >= 4 is 5.96 Å². The molecule has 0 saturated carbocycles. The maximum atomic E-state index is 9.23. The second-order valence-corrected chi connectivity index (χ2v) is 5.92. The van der Waals surface area contributed by atoms with Crippen LogP contribution in [0, 0.1) is 0 Å². The molecule has 6 nitrogen and oxygen atoms in total. The highest BCUT2D eigenvalue weighted by atomic mass is 16.7. The van der Waals surface area contributed by atoms with Gasteiger partial charge in [-0.2, -0.15) is 0 Å². The predicted octanol–water partition coefficient (Wildman–Crippen LogP) is 2.11. The molecule has 0 saturated heterocycles. The molecule has 0 spiro atoms. The van der Waals surface area contributed by atoms with Crippen molar-refractivity contribution in [3.05, 3.63) is 59.2 Å². The van der Waals surface area contributed by atoms with Gasteiger partial charge in [-0.05, 0) is 28.8 Å². The lowest BCUT2D eigenvalue weighted by molar-refractivity contribution is 0.174. The molecule has 1 aliphatic heterocycles. The number of aliphatic hydroxyl groups excluding tert-OH is 1. The number of nitrogens with one attached hydrogen (secondary N) is 1. The van der Waals surface area contributed by atoms with Crippen molar-refractivity contribution in [1.82, 2.24) is 10.2 Å². The number of fused-ring (bicyclic) bond motifs is 1. The molecule has 0 atom stereocenters. The van der Waals surface area contributed by atoms with Crippen LogP contribution in [0.25, 0.3) is 0 Å². The second kappa shape index (κ2) is 7.90. The second-order valence-electron chi connectivity index (χ2n) is 5.92. The van der Waals surface area contributed by atoms with Gasteiger partial charge in [0.1, 0.15) is 0 Å². The summed E-state index contributed by atoms with van der Waals surface area (Å²) in [5, 5.41) is 12.6. The predicted molar refractivity (Wildman–Crippen MR) is 96.6 cm³/mol. The minimum absolute atomic E-state index is 0.0482. The Morgan fingerprint density at radius 2 is 1.92 bits per heavy atom. The minimum Gasteiger partial charge on any atom is -0.454 e. The summed E-state index contributed by atoms with van der Waals surface area (Å²) in [6.07, 6.45) is 0. The molecule has 0 fully saturated rings.